The smallest absolute Gasteiger partial charge is 0.190 e. The Morgan fingerprint density at radius 3 is 2.47 bits per heavy atom. The van der Waals surface area contributed by atoms with Gasteiger partial charge >= 0.3 is 0 Å². The minimum Gasteiger partial charge on any atom is -0.487 e. The molecular formula is C15H16F2O2. The second-order valence-electron chi connectivity index (χ2n) is 5.68. The number of carbonyl (C=O) groups is 1. The molecule has 1 aromatic carbocycles. The summed E-state index contributed by atoms with van der Waals surface area (Å²) in [6.07, 6.45) is 5.28. The van der Waals surface area contributed by atoms with Crippen LogP contribution in [0.1, 0.15) is 36.0 Å². The van der Waals surface area contributed by atoms with Crippen molar-refractivity contribution in [2.24, 2.45) is 17.8 Å². The van der Waals surface area contributed by atoms with Crippen LogP contribution >= 0.6 is 0 Å². The van der Waals surface area contributed by atoms with Crippen LogP contribution in [0.15, 0.2) is 12.1 Å². The van der Waals surface area contributed by atoms with Crippen molar-refractivity contribution < 1.29 is 18.3 Å². The molecule has 2 aliphatic carbocycles. The van der Waals surface area contributed by atoms with Crippen LogP contribution in [0, 0.1) is 29.4 Å². The Morgan fingerprint density at radius 2 is 1.95 bits per heavy atom. The molecule has 2 nitrogen and oxygen atoms in total. The molecule has 19 heavy (non-hydrogen) atoms. The number of benzene rings is 1. The zero-order chi connectivity index (χ0) is 13.4. The van der Waals surface area contributed by atoms with Crippen molar-refractivity contribution in [3.8, 4) is 5.75 Å². The lowest BCUT2D eigenvalue weighted by molar-refractivity contribution is 0.112. The lowest BCUT2D eigenvalue weighted by Gasteiger charge is -2.22. The highest BCUT2D eigenvalue weighted by molar-refractivity contribution is 5.75. The standard InChI is InChI=1S/C15H16F2O2/c16-13-5-10(7-18)6-14(17)15(13)19-8-12-4-9-1-2-11(12)3-9/h5-7,9,11-12H,1-4,8H2. The first-order chi connectivity index (χ1) is 9.17. The van der Waals surface area contributed by atoms with Gasteiger partial charge in [-0.25, -0.2) is 8.78 Å². The number of ether oxygens (including phenoxy) is 1. The number of hydrogen-bond donors (Lipinski definition) is 0. The molecule has 3 atom stereocenters. The second-order valence-corrected chi connectivity index (χ2v) is 5.68. The number of aldehydes is 1. The van der Waals surface area contributed by atoms with Crippen molar-refractivity contribution in [2.45, 2.75) is 25.7 Å². The molecule has 0 saturated heterocycles. The molecule has 102 valence electrons. The van der Waals surface area contributed by atoms with Crippen molar-refractivity contribution in [1.82, 2.24) is 0 Å². The third-order valence-corrected chi connectivity index (χ3v) is 4.48. The topological polar surface area (TPSA) is 26.3 Å². The van der Waals surface area contributed by atoms with Gasteiger partial charge in [0, 0.05) is 5.56 Å². The van der Waals surface area contributed by atoms with Gasteiger partial charge in [-0.2, -0.15) is 0 Å². The molecule has 0 aliphatic heterocycles. The number of halogens is 2. The normalized spacial score (nSPS) is 28.6. The molecule has 0 radical (unpaired) electrons. The summed E-state index contributed by atoms with van der Waals surface area (Å²) in [5.41, 5.74) is -0.0118. The van der Waals surface area contributed by atoms with E-state index in [1.54, 1.807) is 0 Å². The minimum absolute atomic E-state index is 0.0118. The zero-order valence-electron chi connectivity index (χ0n) is 10.6. The molecule has 2 aliphatic rings. The van der Waals surface area contributed by atoms with Crippen molar-refractivity contribution in [1.29, 1.82) is 0 Å². The first-order valence-electron chi connectivity index (χ1n) is 6.74. The van der Waals surface area contributed by atoms with Crippen LogP contribution in [0.25, 0.3) is 0 Å². The number of fused-ring (bicyclic) bond motifs is 2. The average Bonchev–Trinajstić information content (AvgIpc) is 2.99. The van der Waals surface area contributed by atoms with Crippen LogP contribution in [0.2, 0.25) is 0 Å². The van der Waals surface area contributed by atoms with Crippen molar-refractivity contribution >= 4 is 6.29 Å². The van der Waals surface area contributed by atoms with E-state index in [2.05, 4.69) is 0 Å². The summed E-state index contributed by atoms with van der Waals surface area (Å²) in [7, 11) is 0. The highest BCUT2D eigenvalue weighted by Crippen LogP contribution is 2.48. The van der Waals surface area contributed by atoms with Crippen LogP contribution in [-0.4, -0.2) is 12.9 Å². The maximum Gasteiger partial charge on any atom is 0.190 e. The number of hydrogen-bond acceptors (Lipinski definition) is 2. The van der Waals surface area contributed by atoms with E-state index in [1.807, 2.05) is 0 Å². The van der Waals surface area contributed by atoms with Crippen LogP contribution < -0.4 is 4.74 Å². The predicted molar refractivity (Wildman–Crippen MR) is 66.2 cm³/mol. The van der Waals surface area contributed by atoms with E-state index in [1.165, 1.54) is 19.3 Å². The molecule has 0 amide bonds. The number of rotatable bonds is 4. The monoisotopic (exact) mass is 266 g/mol. The van der Waals surface area contributed by atoms with E-state index in [9.17, 15) is 13.6 Å². The molecule has 0 aromatic heterocycles. The summed E-state index contributed by atoms with van der Waals surface area (Å²) in [4.78, 5) is 10.5. The van der Waals surface area contributed by atoms with Gasteiger partial charge in [-0.05, 0) is 49.1 Å². The fraction of sp³-hybridized carbons (Fsp3) is 0.533. The van der Waals surface area contributed by atoms with Gasteiger partial charge in [0.1, 0.15) is 6.29 Å². The van der Waals surface area contributed by atoms with Crippen molar-refractivity contribution in [3.05, 3.63) is 29.3 Å². The molecule has 3 rings (SSSR count). The van der Waals surface area contributed by atoms with Gasteiger partial charge in [0.15, 0.2) is 17.4 Å². The maximum absolute atomic E-state index is 13.6. The molecule has 4 heteroatoms. The molecule has 0 spiro atoms. The fourth-order valence-corrected chi connectivity index (χ4v) is 3.56. The van der Waals surface area contributed by atoms with E-state index in [0.717, 1.165) is 24.5 Å². The Kier molecular flexibility index (Phi) is 3.25. The van der Waals surface area contributed by atoms with E-state index in [-0.39, 0.29) is 11.3 Å². The van der Waals surface area contributed by atoms with Crippen LogP contribution in [0.5, 0.6) is 5.75 Å². The van der Waals surface area contributed by atoms with E-state index in [0.29, 0.717) is 24.7 Å². The summed E-state index contributed by atoms with van der Waals surface area (Å²) in [5, 5.41) is 0. The fourth-order valence-electron chi connectivity index (χ4n) is 3.56. The highest BCUT2D eigenvalue weighted by atomic mass is 19.1. The third kappa shape index (κ3) is 2.36. The van der Waals surface area contributed by atoms with Crippen LogP contribution in [0.3, 0.4) is 0 Å². The quantitative estimate of drug-likeness (QED) is 0.778. The SMILES string of the molecule is O=Cc1cc(F)c(OCC2CC3CCC2C3)c(F)c1. The molecule has 1 aromatic rings. The van der Waals surface area contributed by atoms with Gasteiger partial charge in [0.05, 0.1) is 6.61 Å². The summed E-state index contributed by atoms with van der Waals surface area (Å²) < 4.78 is 32.6. The Hall–Kier alpha value is -1.45. The summed E-state index contributed by atoms with van der Waals surface area (Å²) in [6, 6.07) is 2.01. The summed E-state index contributed by atoms with van der Waals surface area (Å²) >= 11 is 0. The minimum atomic E-state index is -0.801. The lowest BCUT2D eigenvalue weighted by atomic mass is 9.89. The largest absolute Gasteiger partial charge is 0.487 e. The van der Waals surface area contributed by atoms with Gasteiger partial charge in [0.2, 0.25) is 0 Å². The Labute approximate surface area is 110 Å². The first kappa shape index (κ1) is 12.6. The molecule has 2 bridgehead atoms. The van der Waals surface area contributed by atoms with Gasteiger partial charge in [0.25, 0.3) is 0 Å². The van der Waals surface area contributed by atoms with Gasteiger partial charge in [-0.3, -0.25) is 4.79 Å². The van der Waals surface area contributed by atoms with E-state index < -0.39 is 11.6 Å². The Balaban J connectivity index is 1.68. The average molecular weight is 266 g/mol. The molecule has 0 N–H and O–H groups in total. The first-order valence-corrected chi connectivity index (χ1v) is 6.74. The van der Waals surface area contributed by atoms with Gasteiger partial charge in [-0.15, -0.1) is 0 Å². The van der Waals surface area contributed by atoms with Crippen LogP contribution in [0.4, 0.5) is 8.78 Å². The molecule has 2 fully saturated rings. The van der Waals surface area contributed by atoms with Crippen molar-refractivity contribution in [3.63, 3.8) is 0 Å². The molecular weight excluding hydrogens is 250 g/mol. The molecule has 0 heterocycles. The highest BCUT2D eigenvalue weighted by Gasteiger charge is 2.39. The van der Waals surface area contributed by atoms with Crippen LogP contribution in [-0.2, 0) is 0 Å². The molecule has 3 unspecified atom stereocenters. The third-order valence-electron chi connectivity index (χ3n) is 4.48. The lowest BCUT2D eigenvalue weighted by Crippen LogP contribution is -2.19. The number of carbonyl (C=O) groups excluding carboxylic acids is 1. The predicted octanol–water partition coefficient (Wildman–Crippen LogP) is 3.59. The molecule has 2 saturated carbocycles. The summed E-state index contributed by atoms with van der Waals surface area (Å²) in [6.45, 7) is 0.370. The van der Waals surface area contributed by atoms with E-state index >= 15 is 0 Å². The van der Waals surface area contributed by atoms with Gasteiger partial charge in [-0.1, -0.05) is 6.42 Å². The van der Waals surface area contributed by atoms with Gasteiger partial charge < -0.3 is 4.74 Å². The second kappa shape index (κ2) is 4.91. The van der Waals surface area contributed by atoms with E-state index in [4.69, 9.17) is 4.74 Å². The van der Waals surface area contributed by atoms with Crippen molar-refractivity contribution in [2.75, 3.05) is 6.61 Å². The Bertz CT molecular complexity index is 478. The summed E-state index contributed by atoms with van der Waals surface area (Å²) in [5.74, 6) is -0.0942. The zero-order valence-corrected chi connectivity index (χ0v) is 10.6. The Morgan fingerprint density at radius 1 is 1.21 bits per heavy atom. The maximum atomic E-state index is 13.6.